The molecule has 1 N–H and O–H groups in total. The van der Waals surface area contributed by atoms with Crippen LogP contribution in [-0.2, 0) is 11.8 Å². The van der Waals surface area contributed by atoms with Crippen LogP contribution in [0.15, 0.2) is 42.7 Å². The van der Waals surface area contributed by atoms with Crippen LogP contribution in [0, 0.1) is 0 Å². The minimum Gasteiger partial charge on any atom is -0.356 e. The number of nitrogens with one attached hydrogen (secondary N) is 1. The molecule has 1 aromatic heterocycles. The Balaban J connectivity index is 1.61. The highest BCUT2D eigenvalue weighted by Crippen LogP contribution is 2.15. The van der Waals surface area contributed by atoms with Gasteiger partial charge in [0, 0.05) is 63.8 Å². The molecule has 136 valence electrons. The number of aryl methyl sites for hydroxylation is 1. The maximum Gasteiger partial charge on any atom is 0.255 e. The van der Waals surface area contributed by atoms with Gasteiger partial charge in [-0.2, -0.15) is 0 Å². The van der Waals surface area contributed by atoms with Gasteiger partial charge in [0.1, 0.15) is 0 Å². The van der Waals surface area contributed by atoms with E-state index in [4.69, 9.17) is 0 Å². The summed E-state index contributed by atoms with van der Waals surface area (Å²) in [4.78, 5) is 39.8. The maximum absolute atomic E-state index is 12.7. The van der Waals surface area contributed by atoms with Crippen LogP contribution in [0.3, 0.4) is 0 Å². The predicted molar refractivity (Wildman–Crippen MR) is 98.0 cm³/mol. The summed E-state index contributed by atoms with van der Waals surface area (Å²) < 4.78 is 1.84. The summed E-state index contributed by atoms with van der Waals surface area (Å²) in [6.07, 6.45) is 3.64. The second-order valence-corrected chi connectivity index (χ2v) is 6.41. The average Bonchev–Trinajstić information content (AvgIpc) is 3.07. The van der Waals surface area contributed by atoms with Crippen LogP contribution in [0.25, 0.3) is 0 Å². The molecule has 1 aromatic carbocycles. The van der Waals surface area contributed by atoms with E-state index in [1.807, 2.05) is 17.8 Å². The van der Waals surface area contributed by atoms with Crippen molar-refractivity contribution in [1.82, 2.24) is 14.4 Å². The van der Waals surface area contributed by atoms with E-state index >= 15 is 0 Å². The van der Waals surface area contributed by atoms with E-state index in [0.717, 1.165) is 0 Å². The number of anilines is 1. The fraction of sp³-hybridized carbons (Fsp3) is 0.316. The van der Waals surface area contributed by atoms with E-state index in [0.29, 0.717) is 43.0 Å². The summed E-state index contributed by atoms with van der Waals surface area (Å²) in [7, 11) is 1.88. The lowest BCUT2D eigenvalue weighted by atomic mass is 10.1. The van der Waals surface area contributed by atoms with Gasteiger partial charge in [-0.1, -0.05) is 6.07 Å². The van der Waals surface area contributed by atoms with Gasteiger partial charge in [0.2, 0.25) is 5.91 Å². The van der Waals surface area contributed by atoms with E-state index < -0.39 is 0 Å². The zero-order chi connectivity index (χ0) is 18.7. The van der Waals surface area contributed by atoms with Gasteiger partial charge in [0.05, 0.1) is 5.56 Å². The first kappa shape index (κ1) is 17.7. The van der Waals surface area contributed by atoms with Crippen LogP contribution in [0.4, 0.5) is 5.69 Å². The van der Waals surface area contributed by atoms with Crippen molar-refractivity contribution in [3.05, 3.63) is 53.9 Å². The topological polar surface area (TPSA) is 74.7 Å². The number of carbonyl (C=O) groups is 3. The van der Waals surface area contributed by atoms with Crippen molar-refractivity contribution < 1.29 is 14.4 Å². The third-order valence-corrected chi connectivity index (χ3v) is 4.36. The van der Waals surface area contributed by atoms with Crippen LogP contribution in [0.2, 0.25) is 0 Å². The highest BCUT2D eigenvalue weighted by Gasteiger charge is 2.25. The number of benzene rings is 1. The number of carbonyl (C=O) groups excluding carboxylic acids is 3. The second kappa shape index (κ2) is 7.43. The summed E-state index contributed by atoms with van der Waals surface area (Å²) >= 11 is 0. The number of rotatable bonds is 3. The van der Waals surface area contributed by atoms with Crippen LogP contribution >= 0.6 is 0 Å². The molecule has 1 fully saturated rings. The van der Waals surface area contributed by atoms with Crippen molar-refractivity contribution in [3.63, 3.8) is 0 Å². The Bertz CT molecular complexity index is 835. The Hall–Kier alpha value is -3.09. The lowest BCUT2D eigenvalue weighted by Gasteiger charge is -2.34. The van der Waals surface area contributed by atoms with Crippen molar-refractivity contribution in [3.8, 4) is 0 Å². The number of piperazine rings is 1. The third kappa shape index (κ3) is 3.93. The molecule has 26 heavy (non-hydrogen) atoms. The van der Waals surface area contributed by atoms with Crippen molar-refractivity contribution in [2.75, 3.05) is 31.5 Å². The van der Waals surface area contributed by atoms with Gasteiger partial charge < -0.3 is 19.7 Å². The number of amides is 3. The molecule has 1 aliphatic heterocycles. The first-order valence-corrected chi connectivity index (χ1v) is 8.52. The third-order valence-electron chi connectivity index (χ3n) is 4.36. The highest BCUT2D eigenvalue weighted by molar-refractivity contribution is 5.97. The van der Waals surface area contributed by atoms with Crippen LogP contribution in [0.5, 0.6) is 0 Å². The van der Waals surface area contributed by atoms with E-state index in [9.17, 15) is 14.4 Å². The molecule has 0 aliphatic carbocycles. The summed E-state index contributed by atoms with van der Waals surface area (Å²) in [5, 5.41) is 2.68. The average molecular weight is 354 g/mol. The molecular weight excluding hydrogens is 332 g/mol. The Morgan fingerprint density at radius 2 is 1.54 bits per heavy atom. The smallest absolute Gasteiger partial charge is 0.255 e. The Morgan fingerprint density at radius 3 is 2.08 bits per heavy atom. The summed E-state index contributed by atoms with van der Waals surface area (Å²) in [5.74, 6) is -0.281. The molecule has 2 aromatic rings. The van der Waals surface area contributed by atoms with E-state index in [1.54, 1.807) is 46.3 Å². The second-order valence-electron chi connectivity index (χ2n) is 6.41. The summed E-state index contributed by atoms with van der Waals surface area (Å²) in [6.45, 7) is 3.41. The predicted octanol–water partition coefficient (Wildman–Crippen LogP) is 1.58. The lowest BCUT2D eigenvalue weighted by molar-refractivity contribution is -0.114. The Labute approximate surface area is 152 Å². The van der Waals surface area contributed by atoms with Gasteiger partial charge in [-0.3, -0.25) is 14.4 Å². The van der Waals surface area contributed by atoms with Crippen LogP contribution < -0.4 is 5.32 Å². The minimum atomic E-state index is -0.178. The van der Waals surface area contributed by atoms with Gasteiger partial charge >= 0.3 is 0 Å². The Kier molecular flexibility index (Phi) is 5.06. The SMILES string of the molecule is CC(=O)Nc1cccc(C(=O)N2CCN(C(=O)c3ccn(C)c3)CC2)c1. The summed E-state index contributed by atoms with van der Waals surface area (Å²) in [6, 6.07) is 8.69. The van der Waals surface area contributed by atoms with Crippen molar-refractivity contribution in [2.24, 2.45) is 7.05 Å². The quantitative estimate of drug-likeness (QED) is 0.909. The van der Waals surface area contributed by atoms with Crippen LogP contribution in [0.1, 0.15) is 27.6 Å². The molecule has 3 amide bonds. The molecule has 7 heteroatoms. The number of aromatic nitrogens is 1. The van der Waals surface area contributed by atoms with E-state index in [-0.39, 0.29) is 17.7 Å². The largest absolute Gasteiger partial charge is 0.356 e. The molecule has 3 rings (SSSR count). The van der Waals surface area contributed by atoms with E-state index in [2.05, 4.69) is 5.32 Å². The van der Waals surface area contributed by atoms with Crippen molar-refractivity contribution >= 4 is 23.4 Å². The lowest BCUT2D eigenvalue weighted by Crippen LogP contribution is -2.50. The maximum atomic E-state index is 12.7. The monoisotopic (exact) mass is 354 g/mol. The van der Waals surface area contributed by atoms with Gasteiger partial charge in [0.25, 0.3) is 11.8 Å². The minimum absolute atomic E-state index is 0.00893. The van der Waals surface area contributed by atoms with Gasteiger partial charge in [-0.05, 0) is 24.3 Å². The summed E-state index contributed by atoms with van der Waals surface area (Å²) in [5.41, 5.74) is 1.79. The number of hydrogen-bond acceptors (Lipinski definition) is 3. The first-order chi connectivity index (χ1) is 12.4. The van der Waals surface area contributed by atoms with Crippen molar-refractivity contribution in [2.45, 2.75) is 6.92 Å². The number of nitrogens with zero attached hydrogens (tertiary/aromatic N) is 3. The van der Waals surface area contributed by atoms with E-state index in [1.165, 1.54) is 6.92 Å². The molecule has 0 atom stereocenters. The van der Waals surface area contributed by atoms with Crippen molar-refractivity contribution in [1.29, 1.82) is 0 Å². The number of hydrogen-bond donors (Lipinski definition) is 1. The molecule has 1 aliphatic rings. The molecule has 2 heterocycles. The fourth-order valence-electron chi connectivity index (χ4n) is 3.04. The van der Waals surface area contributed by atoms with Gasteiger partial charge in [0.15, 0.2) is 0 Å². The molecule has 0 saturated carbocycles. The molecular formula is C19H22N4O3. The molecule has 0 bridgehead atoms. The molecule has 0 unspecified atom stereocenters. The van der Waals surface area contributed by atoms with Crippen LogP contribution in [-0.4, -0.2) is 58.3 Å². The zero-order valence-corrected chi connectivity index (χ0v) is 14.9. The normalized spacial score (nSPS) is 14.2. The Morgan fingerprint density at radius 1 is 0.923 bits per heavy atom. The highest BCUT2D eigenvalue weighted by atomic mass is 16.2. The fourth-order valence-corrected chi connectivity index (χ4v) is 3.04. The van der Waals surface area contributed by atoms with Gasteiger partial charge in [-0.15, -0.1) is 0 Å². The zero-order valence-electron chi connectivity index (χ0n) is 14.9. The molecule has 0 radical (unpaired) electrons. The standard InChI is InChI=1S/C19H22N4O3/c1-14(24)20-17-5-3-4-15(12-17)18(25)22-8-10-23(11-9-22)19(26)16-6-7-21(2)13-16/h3-7,12-13H,8-11H2,1-2H3,(H,20,24). The molecule has 1 saturated heterocycles. The van der Waals surface area contributed by atoms with Gasteiger partial charge in [-0.25, -0.2) is 0 Å². The molecule has 0 spiro atoms. The first-order valence-electron chi connectivity index (χ1n) is 8.52. The molecule has 7 nitrogen and oxygen atoms in total.